The highest BCUT2D eigenvalue weighted by Crippen LogP contribution is 2.32. The SMILES string of the molecule is CC.CC(N)c1ncc(C=O)s1.CNc1cc(C(F)(F)F)c(C)cn1. The van der Waals surface area contributed by atoms with Gasteiger partial charge in [-0.2, -0.15) is 13.2 Å². The molecule has 0 spiro atoms. The van der Waals surface area contributed by atoms with E-state index in [2.05, 4.69) is 15.3 Å². The van der Waals surface area contributed by atoms with Crippen LogP contribution in [0, 0.1) is 6.92 Å². The molecule has 0 aromatic carbocycles. The molecule has 2 aromatic heterocycles. The van der Waals surface area contributed by atoms with Gasteiger partial charge in [0, 0.05) is 19.4 Å². The molecule has 3 N–H and O–H groups in total. The third-order valence-electron chi connectivity index (χ3n) is 2.71. The first-order chi connectivity index (χ1) is 11.7. The summed E-state index contributed by atoms with van der Waals surface area (Å²) in [6.45, 7) is 7.22. The van der Waals surface area contributed by atoms with Gasteiger partial charge in [-0.15, -0.1) is 11.3 Å². The minimum atomic E-state index is -4.31. The van der Waals surface area contributed by atoms with E-state index < -0.39 is 11.7 Å². The van der Waals surface area contributed by atoms with E-state index in [1.165, 1.54) is 37.7 Å². The second kappa shape index (κ2) is 10.8. The highest BCUT2D eigenvalue weighted by Gasteiger charge is 2.32. The molecule has 5 nitrogen and oxygen atoms in total. The lowest BCUT2D eigenvalue weighted by atomic mass is 10.1. The molecule has 0 bridgehead atoms. The van der Waals surface area contributed by atoms with E-state index in [-0.39, 0.29) is 17.4 Å². The molecule has 2 aromatic rings. The number of aldehydes is 1. The molecule has 25 heavy (non-hydrogen) atoms. The number of aryl methyl sites for hydroxylation is 1. The van der Waals surface area contributed by atoms with E-state index in [0.717, 1.165) is 17.4 Å². The van der Waals surface area contributed by atoms with Crippen LogP contribution in [-0.2, 0) is 6.18 Å². The molecule has 0 aliphatic rings. The Labute approximate surface area is 149 Å². The van der Waals surface area contributed by atoms with Crippen LogP contribution in [0.15, 0.2) is 18.5 Å². The number of halogens is 3. The van der Waals surface area contributed by atoms with Crippen LogP contribution in [0.2, 0.25) is 0 Å². The van der Waals surface area contributed by atoms with Gasteiger partial charge in [-0.25, -0.2) is 9.97 Å². The number of carbonyl (C=O) groups excluding carboxylic acids is 1. The van der Waals surface area contributed by atoms with Crippen LogP contribution in [0.3, 0.4) is 0 Å². The summed E-state index contributed by atoms with van der Waals surface area (Å²) in [5.41, 5.74) is 5.00. The van der Waals surface area contributed by atoms with Crippen molar-refractivity contribution in [2.24, 2.45) is 5.73 Å². The number of nitrogens with zero attached hydrogens (tertiary/aromatic N) is 2. The van der Waals surface area contributed by atoms with Crippen LogP contribution in [0.1, 0.15) is 52.6 Å². The zero-order valence-corrected chi connectivity index (χ0v) is 15.6. The zero-order chi connectivity index (χ0) is 19.6. The number of thiazole rings is 1. The van der Waals surface area contributed by atoms with Gasteiger partial charge in [-0.05, 0) is 25.5 Å². The Morgan fingerprint density at radius 1 is 1.28 bits per heavy atom. The van der Waals surface area contributed by atoms with Crippen molar-refractivity contribution in [3.8, 4) is 0 Å². The van der Waals surface area contributed by atoms with Gasteiger partial charge in [0.1, 0.15) is 10.8 Å². The van der Waals surface area contributed by atoms with Gasteiger partial charge in [0.25, 0.3) is 0 Å². The minimum absolute atomic E-state index is 0.0706. The van der Waals surface area contributed by atoms with Crippen LogP contribution in [0.4, 0.5) is 19.0 Å². The lowest BCUT2D eigenvalue weighted by molar-refractivity contribution is -0.138. The van der Waals surface area contributed by atoms with E-state index in [4.69, 9.17) is 5.73 Å². The average molecular weight is 376 g/mol. The molecule has 0 amide bonds. The van der Waals surface area contributed by atoms with Crippen molar-refractivity contribution in [1.29, 1.82) is 0 Å². The molecule has 0 aliphatic heterocycles. The van der Waals surface area contributed by atoms with Gasteiger partial charge in [0.05, 0.1) is 16.5 Å². The minimum Gasteiger partial charge on any atom is -0.373 e. The molecule has 0 fully saturated rings. The van der Waals surface area contributed by atoms with Crippen molar-refractivity contribution in [3.05, 3.63) is 39.5 Å². The third kappa shape index (κ3) is 7.61. The number of carbonyl (C=O) groups is 1. The lowest BCUT2D eigenvalue weighted by Crippen LogP contribution is -2.09. The molecule has 0 saturated carbocycles. The van der Waals surface area contributed by atoms with E-state index in [1.54, 1.807) is 0 Å². The molecular weight excluding hydrogens is 353 g/mol. The Balaban J connectivity index is 0.000000430. The van der Waals surface area contributed by atoms with Crippen LogP contribution in [0.25, 0.3) is 0 Å². The van der Waals surface area contributed by atoms with Crippen molar-refractivity contribution >= 4 is 23.4 Å². The van der Waals surface area contributed by atoms with Crippen molar-refractivity contribution < 1.29 is 18.0 Å². The first-order valence-electron chi connectivity index (χ1n) is 7.57. The number of aromatic nitrogens is 2. The maximum absolute atomic E-state index is 12.3. The van der Waals surface area contributed by atoms with E-state index >= 15 is 0 Å². The van der Waals surface area contributed by atoms with Crippen LogP contribution in [0.5, 0.6) is 0 Å². The first-order valence-corrected chi connectivity index (χ1v) is 8.38. The number of anilines is 1. The summed E-state index contributed by atoms with van der Waals surface area (Å²) in [6.07, 6.45) is -0.785. The first kappa shape index (κ1) is 23.0. The lowest BCUT2D eigenvalue weighted by Gasteiger charge is -2.10. The Kier molecular flexibility index (Phi) is 9.92. The van der Waals surface area contributed by atoms with Crippen molar-refractivity contribution in [2.45, 2.75) is 39.9 Å². The summed E-state index contributed by atoms with van der Waals surface area (Å²) < 4.78 is 36.9. The molecule has 1 unspecified atom stereocenters. The molecule has 0 aliphatic carbocycles. The summed E-state index contributed by atoms with van der Waals surface area (Å²) in [4.78, 5) is 18.5. The Hall–Kier alpha value is -2.00. The molecule has 1 atom stereocenters. The van der Waals surface area contributed by atoms with Gasteiger partial charge >= 0.3 is 6.18 Å². The number of nitrogens with one attached hydrogen (secondary N) is 1. The maximum Gasteiger partial charge on any atom is 0.416 e. The second-order valence-electron chi connectivity index (χ2n) is 4.64. The van der Waals surface area contributed by atoms with Gasteiger partial charge in [-0.3, -0.25) is 4.79 Å². The molecule has 140 valence electrons. The van der Waals surface area contributed by atoms with Gasteiger partial charge in [-0.1, -0.05) is 13.8 Å². The summed E-state index contributed by atoms with van der Waals surface area (Å²) in [5.74, 6) is 0.220. The fraction of sp³-hybridized carbons (Fsp3) is 0.438. The number of pyridine rings is 1. The Bertz CT molecular complexity index is 657. The van der Waals surface area contributed by atoms with Gasteiger partial charge in [0.15, 0.2) is 6.29 Å². The predicted octanol–water partition coefficient (Wildman–Crippen LogP) is 4.45. The second-order valence-corrected chi connectivity index (χ2v) is 5.73. The maximum atomic E-state index is 12.3. The summed E-state index contributed by atoms with van der Waals surface area (Å²) >= 11 is 1.34. The smallest absolute Gasteiger partial charge is 0.373 e. The molecule has 2 heterocycles. The van der Waals surface area contributed by atoms with Crippen molar-refractivity contribution in [1.82, 2.24) is 9.97 Å². The van der Waals surface area contributed by atoms with Crippen LogP contribution >= 0.6 is 11.3 Å². The topological polar surface area (TPSA) is 80.9 Å². The molecular formula is C16H23F3N4OS. The standard InChI is InChI=1S/C8H9F3N2.C6H8N2OS.C2H6/c1-5-4-13-7(12-2)3-6(5)8(9,10)11;1-4(7)6-8-2-5(3-9)10-6;1-2/h3-4H,1-2H3,(H,12,13);2-4H,7H2,1H3;1-2H3. The average Bonchev–Trinajstić information content (AvgIpc) is 3.06. The number of hydrogen-bond donors (Lipinski definition) is 2. The quantitative estimate of drug-likeness (QED) is 0.774. The number of nitrogens with two attached hydrogens (primary N) is 1. The van der Waals surface area contributed by atoms with Gasteiger partial charge < -0.3 is 11.1 Å². The molecule has 0 radical (unpaired) electrons. The predicted molar refractivity (Wildman–Crippen MR) is 95.0 cm³/mol. The number of rotatable bonds is 3. The van der Waals surface area contributed by atoms with Crippen molar-refractivity contribution in [3.63, 3.8) is 0 Å². The summed E-state index contributed by atoms with van der Waals surface area (Å²) in [6, 6.07) is 0.925. The fourth-order valence-electron chi connectivity index (χ4n) is 1.53. The summed E-state index contributed by atoms with van der Waals surface area (Å²) in [7, 11) is 1.53. The Morgan fingerprint density at radius 2 is 1.88 bits per heavy atom. The highest BCUT2D eigenvalue weighted by molar-refractivity contribution is 7.13. The Morgan fingerprint density at radius 3 is 2.24 bits per heavy atom. The fourth-order valence-corrected chi connectivity index (χ4v) is 2.22. The third-order valence-corrected chi connectivity index (χ3v) is 3.84. The van der Waals surface area contributed by atoms with Crippen LogP contribution in [-0.4, -0.2) is 23.3 Å². The van der Waals surface area contributed by atoms with Crippen LogP contribution < -0.4 is 11.1 Å². The highest BCUT2D eigenvalue weighted by atomic mass is 32.1. The normalized spacial score (nSPS) is 11.4. The van der Waals surface area contributed by atoms with E-state index in [0.29, 0.717) is 4.88 Å². The number of hydrogen-bond acceptors (Lipinski definition) is 6. The largest absolute Gasteiger partial charge is 0.416 e. The van der Waals surface area contributed by atoms with Gasteiger partial charge in [0.2, 0.25) is 0 Å². The number of alkyl halides is 3. The van der Waals surface area contributed by atoms with E-state index in [9.17, 15) is 18.0 Å². The monoisotopic (exact) mass is 376 g/mol. The van der Waals surface area contributed by atoms with E-state index in [1.807, 2.05) is 20.8 Å². The van der Waals surface area contributed by atoms with Crippen molar-refractivity contribution in [2.75, 3.05) is 12.4 Å². The molecule has 2 rings (SSSR count). The zero-order valence-electron chi connectivity index (χ0n) is 14.8. The molecule has 0 saturated heterocycles. The summed E-state index contributed by atoms with van der Waals surface area (Å²) in [5, 5.41) is 3.36. The molecule has 9 heteroatoms.